The molecular weight excluding hydrogens is 412 g/mol. The SMILES string of the molecule is COc1ccc(C=CC(=O)Nc2sc3c(c2C(N)=O)CCC(C(C)(C)C)C3)cc1OC. The molecule has 0 fully saturated rings. The Morgan fingerprint density at radius 1 is 1.19 bits per heavy atom. The smallest absolute Gasteiger partial charge is 0.251 e. The lowest BCUT2D eigenvalue weighted by molar-refractivity contribution is -0.111. The van der Waals surface area contributed by atoms with Crippen molar-refractivity contribution in [1.82, 2.24) is 0 Å². The Morgan fingerprint density at radius 2 is 1.90 bits per heavy atom. The van der Waals surface area contributed by atoms with Gasteiger partial charge in [-0.2, -0.15) is 0 Å². The van der Waals surface area contributed by atoms with E-state index in [2.05, 4.69) is 26.1 Å². The zero-order valence-electron chi connectivity index (χ0n) is 18.7. The average Bonchev–Trinajstić information content (AvgIpc) is 3.08. The Kier molecular flexibility index (Phi) is 6.74. The molecule has 1 aromatic carbocycles. The molecule has 0 saturated heterocycles. The van der Waals surface area contributed by atoms with E-state index in [1.165, 1.54) is 17.4 Å². The monoisotopic (exact) mass is 442 g/mol. The van der Waals surface area contributed by atoms with Crippen LogP contribution in [0.1, 0.15) is 53.6 Å². The quantitative estimate of drug-likeness (QED) is 0.636. The van der Waals surface area contributed by atoms with Crippen molar-refractivity contribution < 1.29 is 19.1 Å². The number of ether oxygens (including phenoxy) is 2. The van der Waals surface area contributed by atoms with Gasteiger partial charge in [0.15, 0.2) is 11.5 Å². The third-order valence-corrected chi connectivity index (χ3v) is 6.98. The number of methoxy groups -OCH3 is 2. The maximum Gasteiger partial charge on any atom is 0.251 e. The first kappa shape index (κ1) is 22.9. The van der Waals surface area contributed by atoms with Crippen molar-refractivity contribution in [3.05, 3.63) is 45.8 Å². The molecular formula is C24H30N2O4S. The minimum atomic E-state index is -0.495. The summed E-state index contributed by atoms with van der Waals surface area (Å²) in [6, 6.07) is 5.39. The lowest BCUT2D eigenvalue weighted by Gasteiger charge is -2.33. The van der Waals surface area contributed by atoms with E-state index in [-0.39, 0.29) is 11.3 Å². The van der Waals surface area contributed by atoms with Crippen molar-refractivity contribution in [2.45, 2.75) is 40.0 Å². The standard InChI is InChI=1S/C24H30N2O4S/c1-24(2,3)15-8-9-16-19(13-15)31-23(21(16)22(25)28)26-20(27)11-7-14-6-10-17(29-4)18(12-14)30-5/h6-7,10-12,15H,8-9,13H2,1-5H3,(H2,25,28)(H,26,27). The van der Waals surface area contributed by atoms with E-state index in [9.17, 15) is 9.59 Å². The second-order valence-electron chi connectivity index (χ2n) is 8.81. The van der Waals surface area contributed by atoms with Gasteiger partial charge in [-0.25, -0.2) is 0 Å². The summed E-state index contributed by atoms with van der Waals surface area (Å²) in [5.41, 5.74) is 8.12. The van der Waals surface area contributed by atoms with Crippen LogP contribution in [-0.2, 0) is 17.6 Å². The van der Waals surface area contributed by atoms with Gasteiger partial charge in [-0.3, -0.25) is 9.59 Å². The van der Waals surface area contributed by atoms with Gasteiger partial charge < -0.3 is 20.5 Å². The summed E-state index contributed by atoms with van der Waals surface area (Å²) < 4.78 is 10.5. The highest BCUT2D eigenvalue weighted by atomic mass is 32.1. The number of carbonyl (C=O) groups excluding carboxylic acids is 2. The number of thiophene rings is 1. The number of rotatable bonds is 6. The van der Waals surface area contributed by atoms with Crippen molar-refractivity contribution >= 4 is 34.2 Å². The molecule has 3 rings (SSSR count). The summed E-state index contributed by atoms with van der Waals surface area (Å²) >= 11 is 1.47. The van der Waals surface area contributed by atoms with Gasteiger partial charge in [0.25, 0.3) is 5.91 Å². The van der Waals surface area contributed by atoms with Crippen LogP contribution in [0.2, 0.25) is 0 Å². The van der Waals surface area contributed by atoms with Crippen LogP contribution in [0.4, 0.5) is 5.00 Å². The van der Waals surface area contributed by atoms with Crippen LogP contribution in [0.25, 0.3) is 6.08 Å². The first-order chi connectivity index (χ1) is 14.6. The van der Waals surface area contributed by atoms with Crippen LogP contribution in [0.3, 0.4) is 0 Å². The predicted octanol–water partition coefficient (Wildman–Crippen LogP) is 4.67. The van der Waals surface area contributed by atoms with Crippen molar-refractivity contribution in [3.63, 3.8) is 0 Å². The van der Waals surface area contributed by atoms with E-state index in [0.29, 0.717) is 28.0 Å². The minimum Gasteiger partial charge on any atom is -0.493 e. The van der Waals surface area contributed by atoms with Crippen molar-refractivity contribution in [1.29, 1.82) is 0 Å². The van der Waals surface area contributed by atoms with Crippen LogP contribution < -0.4 is 20.5 Å². The minimum absolute atomic E-state index is 0.195. The Hall–Kier alpha value is -2.80. The van der Waals surface area contributed by atoms with Crippen LogP contribution >= 0.6 is 11.3 Å². The van der Waals surface area contributed by atoms with Gasteiger partial charge in [-0.05, 0) is 59.9 Å². The van der Waals surface area contributed by atoms with E-state index in [0.717, 1.165) is 35.3 Å². The molecule has 0 saturated carbocycles. The molecule has 0 bridgehead atoms. The van der Waals surface area contributed by atoms with Crippen LogP contribution in [0.15, 0.2) is 24.3 Å². The topological polar surface area (TPSA) is 90.6 Å². The second kappa shape index (κ2) is 9.14. The summed E-state index contributed by atoms with van der Waals surface area (Å²) in [5.74, 6) is 0.926. The molecule has 1 atom stereocenters. The first-order valence-corrected chi connectivity index (χ1v) is 11.1. The largest absolute Gasteiger partial charge is 0.493 e. The first-order valence-electron chi connectivity index (χ1n) is 10.3. The molecule has 1 heterocycles. The van der Waals surface area contributed by atoms with Crippen LogP contribution in [0, 0.1) is 11.3 Å². The maximum absolute atomic E-state index is 12.6. The number of amides is 2. The number of hydrogen-bond acceptors (Lipinski definition) is 5. The highest BCUT2D eigenvalue weighted by Gasteiger charge is 2.33. The lowest BCUT2D eigenvalue weighted by atomic mass is 9.72. The maximum atomic E-state index is 12.6. The van der Waals surface area contributed by atoms with Crippen LogP contribution in [-0.4, -0.2) is 26.0 Å². The molecule has 0 spiro atoms. The molecule has 0 radical (unpaired) electrons. The van der Waals surface area contributed by atoms with Gasteiger partial charge in [0.1, 0.15) is 5.00 Å². The molecule has 1 unspecified atom stereocenters. The van der Waals surface area contributed by atoms with E-state index >= 15 is 0 Å². The third-order valence-electron chi connectivity index (χ3n) is 5.81. The Bertz CT molecular complexity index is 1020. The summed E-state index contributed by atoms with van der Waals surface area (Å²) in [7, 11) is 3.13. The summed E-state index contributed by atoms with van der Waals surface area (Å²) in [4.78, 5) is 25.9. The second-order valence-corrected chi connectivity index (χ2v) is 9.92. The molecule has 0 aliphatic heterocycles. The van der Waals surface area contributed by atoms with Gasteiger partial charge in [0.05, 0.1) is 19.8 Å². The number of anilines is 1. The molecule has 7 heteroatoms. The number of hydrogen-bond donors (Lipinski definition) is 2. The normalized spacial score (nSPS) is 16.1. The zero-order chi connectivity index (χ0) is 22.8. The Balaban J connectivity index is 1.79. The molecule has 2 amide bonds. The Morgan fingerprint density at radius 3 is 2.52 bits per heavy atom. The average molecular weight is 443 g/mol. The van der Waals surface area contributed by atoms with Crippen molar-refractivity contribution in [2.24, 2.45) is 17.1 Å². The van der Waals surface area contributed by atoms with Gasteiger partial charge in [-0.15, -0.1) is 11.3 Å². The number of nitrogens with two attached hydrogens (primary N) is 1. The van der Waals surface area contributed by atoms with Gasteiger partial charge >= 0.3 is 0 Å². The third kappa shape index (κ3) is 5.10. The number of benzene rings is 1. The van der Waals surface area contributed by atoms with E-state index in [4.69, 9.17) is 15.2 Å². The molecule has 166 valence electrons. The van der Waals surface area contributed by atoms with E-state index in [1.54, 1.807) is 32.4 Å². The Labute approximate surface area is 187 Å². The molecule has 6 nitrogen and oxygen atoms in total. The summed E-state index contributed by atoms with van der Waals surface area (Å²) in [5, 5.41) is 3.40. The number of nitrogens with one attached hydrogen (secondary N) is 1. The number of fused-ring (bicyclic) bond motifs is 1. The van der Waals surface area contributed by atoms with E-state index in [1.807, 2.05) is 6.07 Å². The van der Waals surface area contributed by atoms with Gasteiger partial charge in [0.2, 0.25) is 5.91 Å². The zero-order valence-corrected chi connectivity index (χ0v) is 19.5. The number of primary amides is 1. The fourth-order valence-corrected chi connectivity index (χ4v) is 5.29. The van der Waals surface area contributed by atoms with Gasteiger partial charge in [-0.1, -0.05) is 26.8 Å². The molecule has 2 aromatic rings. The predicted molar refractivity (Wildman–Crippen MR) is 125 cm³/mol. The molecule has 3 N–H and O–H groups in total. The lowest BCUT2D eigenvalue weighted by Crippen LogP contribution is -2.27. The van der Waals surface area contributed by atoms with Crippen molar-refractivity contribution in [2.75, 3.05) is 19.5 Å². The van der Waals surface area contributed by atoms with Crippen molar-refractivity contribution in [3.8, 4) is 11.5 Å². The van der Waals surface area contributed by atoms with Crippen LogP contribution in [0.5, 0.6) is 11.5 Å². The van der Waals surface area contributed by atoms with Gasteiger partial charge in [0, 0.05) is 11.0 Å². The summed E-state index contributed by atoms with van der Waals surface area (Å²) in [6.45, 7) is 6.73. The molecule has 1 aliphatic carbocycles. The van der Waals surface area contributed by atoms with E-state index < -0.39 is 5.91 Å². The fraction of sp³-hybridized carbons (Fsp3) is 0.417. The molecule has 1 aliphatic rings. The molecule has 31 heavy (non-hydrogen) atoms. The molecule has 1 aromatic heterocycles. The highest BCUT2D eigenvalue weighted by Crippen LogP contribution is 2.44. The number of carbonyl (C=O) groups is 2. The fourth-order valence-electron chi connectivity index (χ4n) is 3.96. The summed E-state index contributed by atoms with van der Waals surface area (Å²) in [6.07, 6.45) is 5.84. The highest BCUT2D eigenvalue weighted by molar-refractivity contribution is 7.17.